The van der Waals surface area contributed by atoms with E-state index in [0.717, 1.165) is 11.1 Å². The Kier molecular flexibility index (Phi) is 5.31. The summed E-state index contributed by atoms with van der Waals surface area (Å²) in [5.74, 6) is 0.729. The largest absolute Gasteiger partial charge is 0.496 e. The Morgan fingerprint density at radius 2 is 1.43 bits per heavy atom. The van der Waals surface area contributed by atoms with Gasteiger partial charge in [0.15, 0.2) is 23.0 Å². The molecule has 1 aromatic rings. The minimum atomic E-state index is -0.384. The fourth-order valence-corrected chi connectivity index (χ4v) is 3.85. The van der Waals surface area contributed by atoms with Gasteiger partial charge in [-0.2, -0.15) is 0 Å². The van der Waals surface area contributed by atoms with E-state index in [2.05, 4.69) is 0 Å². The molecule has 0 N–H and O–H groups in total. The predicted molar refractivity (Wildman–Crippen MR) is 104 cm³/mol. The molecular formula is C22H24O6. The quantitative estimate of drug-likeness (QED) is 0.725. The first-order chi connectivity index (χ1) is 13.4. The summed E-state index contributed by atoms with van der Waals surface area (Å²) >= 11 is 0. The SMILES string of the molecule is COC1=CC(=O)C2=C(C1=O)[C@@H](c1cc(OC)c(OC)cc1OC)[C@H](C)C(C)=C2. The Labute approximate surface area is 164 Å². The number of hydrogen-bond donors (Lipinski definition) is 0. The van der Waals surface area contributed by atoms with Crippen LogP contribution in [0.3, 0.4) is 0 Å². The molecule has 0 saturated carbocycles. The summed E-state index contributed by atoms with van der Waals surface area (Å²) in [5, 5.41) is 0. The standard InChI is InChI=1S/C22H24O6/c1-11-7-13-15(23)9-19(28-6)22(24)21(13)20(12(11)2)14-8-17(26-4)18(27-5)10-16(14)25-3/h7-10,12,20H,1-6H3/t12-,20-/m1/s1. The summed E-state index contributed by atoms with van der Waals surface area (Å²) in [6, 6.07) is 3.54. The highest BCUT2D eigenvalue weighted by molar-refractivity contribution is 6.24. The van der Waals surface area contributed by atoms with Gasteiger partial charge in [-0.15, -0.1) is 0 Å². The average Bonchev–Trinajstić information content (AvgIpc) is 2.70. The number of ether oxygens (including phenoxy) is 4. The lowest BCUT2D eigenvalue weighted by Gasteiger charge is -2.34. The molecule has 0 radical (unpaired) electrons. The van der Waals surface area contributed by atoms with Gasteiger partial charge in [0.25, 0.3) is 0 Å². The molecule has 148 valence electrons. The van der Waals surface area contributed by atoms with Crippen LogP contribution >= 0.6 is 0 Å². The third-order valence-electron chi connectivity index (χ3n) is 5.48. The lowest BCUT2D eigenvalue weighted by Crippen LogP contribution is -2.30. The van der Waals surface area contributed by atoms with Crippen molar-refractivity contribution in [1.82, 2.24) is 0 Å². The second-order valence-electron chi connectivity index (χ2n) is 6.84. The van der Waals surface area contributed by atoms with Crippen molar-refractivity contribution >= 4 is 11.6 Å². The minimum Gasteiger partial charge on any atom is -0.496 e. The third kappa shape index (κ3) is 2.99. The molecule has 0 spiro atoms. The van der Waals surface area contributed by atoms with Crippen LogP contribution in [-0.4, -0.2) is 40.0 Å². The second kappa shape index (κ2) is 7.54. The van der Waals surface area contributed by atoms with Crippen LogP contribution in [0.1, 0.15) is 25.3 Å². The molecule has 0 unspecified atom stereocenters. The van der Waals surface area contributed by atoms with Crippen LogP contribution in [-0.2, 0) is 14.3 Å². The van der Waals surface area contributed by atoms with E-state index in [9.17, 15) is 9.59 Å². The zero-order valence-corrected chi connectivity index (χ0v) is 16.9. The van der Waals surface area contributed by atoms with Gasteiger partial charge in [-0.3, -0.25) is 9.59 Å². The van der Waals surface area contributed by atoms with Crippen molar-refractivity contribution in [2.45, 2.75) is 19.8 Å². The van der Waals surface area contributed by atoms with Gasteiger partial charge in [-0.1, -0.05) is 18.6 Å². The zero-order chi connectivity index (χ0) is 20.6. The van der Waals surface area contributed by atoms with Gasteiger partial charge in [0.1, 0.15) is 5.75 Å². The number of rotatable bonds is 5. The maximum atomic E-state index is 13.1. The van der Waals surface area contributed by atoms with E-state index in [-0.39, 0.29) is 29.2 Å². The molecule has 2 atom stereocenters. The molecule has 0 amide bonds. The fraction of sp³-hybridized carbons (Fsp3) is 0.364. The lowest BCUT2D eigenvalue weighted by atomic mass is 9.69. The predicted octanol–water partition coefficient (Wildman–Crippen LogP) is 3.37. The van der Waals surface area contributed by atoms with Gasteiger partial charge >= 0.3 is 0 Å². The summed E-state index contributed by atoms with van der Waals surface area (Å²) < 4.78 is 21.6. The smallest absolute Gasteiger partial charge is 0.225 e. The first kappa shape index (κ1) is 19.7. The monoisotopic (exact) mass is 384 g/mol. The zero-order valence-electron chi connectivity index (χ0n) is 16.9. The Balaban J connectivity index is 2.27. The summed E-state index contributed by atoms with van der Waals surface area (Å²) in [6.07, 6.45) is 3.05. The second-order valence-corrected chi connectivity index (χ2v) is 6.84. The van der Waals surface area contributed by atoms with Crippen LogP contribution in [0.25, 0.3) is 0 Å². The van der Waals surface area contributed by atoms with E-state index in [1.54, 1.807) is 33.5 Å². The highest BCUT2D eigenvalue weighted by Gasteiger charge is 2.41. The highest BCUT2D eigenvalue weighted by Crippen LogP contribution is 2.49. The van der Waals surface area contributed by atoms with E-state index in [1.807, 2.05) is 19.9 Å². The Hall–Kier alpha value is -3.02. The maximum absolute atomic E-state index is 13.1. The van der Waals surface area contributed by atoms with Crippen LogP contribution in [0.15, 0.2) is 46.8 Å². The van der Waals surface area contributed by atoms with Gasteiger partial charge in [0.2, 0.25) is 5.78 Å². The molecule has 28 heavy (non-hydrogen) atoms. The molecular weight excluding hydrogens is 360 g/mol. The van der Waals surface area contributed by atoms with Crippen molar-refractivity contribution in [3.63, 3.8) is 0 Å². The first-order valence-electron chi connectivity index (χ1n) is 8.94. The Morgan fingerprint density at radius 1 is 0.821 bits per heavy atom. The molecule has 0 fully saturated rings. The first-order valence-corrected chi connectivity index (χ1v) is 8.94. The topological polar surface area (TPSA) is 71.1 Å². The number of Topliss-reactive ketones (excluding diaryl/α,β-unsaturated/α-hetero) is 1. The van der Waals surface area contributed by atoms with Gasteiger partial charge in [-0.05, 0) is 18.9 Å². The maximum Gasteiger partial charge on any atom is 0.225 e. The molecule has 2 aliphatic rings. The van der Waals surface area contributed by atoms with Crippen LogP contribution in [0.4, 0.5) is 0 Å². The van der Waals surface area contributed by atoms with E-state index in [0.29, 0.717) is 28.4 Å². The average molecular weight is 384 g/mol. The molecule has 0 aromatic heterocycles. The van der Waals surface area contributed by atoms with Crippen molar-refractivity contribution in [3.8, 4) is 17.2 Å². The molecule has 0 aliphatic heterocycles. The van der Waals surface area contributed by atoms with Gasteiger partial charge < -0.3 is 18.9 Å². The molecule has 0 saturated heterocycles. The van der Waals surface area contributed by atoms with E-state index in [1.165, 1.54) is 13.2 Å². The number of ketones is 2. The summed E-state index contributed by atoms with van der Waals surface area (Å²) in [4.78, 5) is 25.8. The Morgan fingerprint density at radius 3 is 2.00 bits per heavy atom. The highest BCUT2D eigenvalue weighted by atomic mass is 16.5. The Bertz CT molecular complexity index is 935. The lowest BCUT2D eigenvalue weighted by molar-refractivity contribution is -0.118. The van der Waals surface area contributed by atoms with Crippen molar-refractivity contribution < 1.29 is 28.5 Å². The summed E-state index contributed by atoms with van der Waals surface area (Å²) in [6.45, 7) is 3.99. The number of hydrogen-bond acceptors (Lipinski definition) is 6. The number of benzene rings is 1. The molecule has 6 heteroatoms. The molecule has 1 aromatic carbocycles. The van der Waals surface area contributed by atoms with E-state index in [4.69, 9.17) is 18.9 Å². The van der Waals surface area contributed by atoms with Crippen molar-refractivity contribution in [1.29, 1.82) is 0 Å². The number of allylic oxidation sites excluding steroid dienone is 5. The van der Waals surface area contributed by atoms with Gasteiger partial charge in [0.05, 0.1) is 28.4 Å². The van der Waals surface area contributed by atoms with Crippen LogP contribution in [0, 0.1) is 5.92 Å². The fourth-order valence-electron chi connectivity index (χ4n) is 3.85. The van der Waals surface area contributed by atoms with Crippen LogP contribution < -0.4 is 14.2 Å². The molecule has 3 rings (SSSR count). The summed E-state index contributed by atoms with van der Waals surface area (Å²) in [5.41, 5.74) is 2.60. The van der Waals surface area contributed by atoms with Crippen molar-refractivity contribution in [2.75, 3.05) is 28.4 Å². The van der Waals surface area contributed by atoms with Gasteiger partial charge in [-0.25, -0.2) is 0 Å². The number of carbonyl (C=O) groups is 2. The molecule has 0 heterocycles. The van der Waals surface area contributed by atoms with E-state index < -0.39 is 0 Å². The van der Waals surface area contributed by atoms with Gasteiger partial charge in [0, 0.05) is 34.8 Å². The third-order valence-corrected chi connectivity index (χ3v) is 5.48. The van der Waals surface area contributed by atoms with Crippen LogP contribution in [0.5, 0.6) is 17.2 Å². The number of carbonyl (C=O) groups excluding carboxylic acids is 2. The van der Waals surface area contributed by atoms with E-state index >= 15 is 0 Å². The molecule has 0 bridgehead atoms. The van der Waals surface area contributed by atoms with Crippen molar-refractivity contribution in [3.05, 3.63) is 52.3 Å². The summed E-state index contributed by atoms with van der Waals surface area (Å²) in [7, 11) is 6.05. The van der Waals surface area contributed by atoms with Crippen LogP contribution in [0.2, 0.25) is 0 Å². The molecule has 2 aliphatic carbocycles. The molecule has 6 nitrogen and oxygen atoms in total. The number of methoxy groups -OCH3 is 4. The normalized spacial score (nSPS) is 21.6. The van der Waals surface area contributed by atoms with Crippen molar-refractivity contribution in [2.24, 2.45) is 5.92 Å². The minimum absolute atomic E-state index is 0.0290.